The number of fused-ring (bicyclic) bond motifs is 9. The Morgan fingerprint density at radius 3 is 1.33 bits per heavy atom. The van der Waals surface area contributed by atoms with Gasteiger partial charge in [-0.3, -0.25) is 0 Å². The van der Waals surface area contributed by atoms with Gasteiger partial charge in [0.05, 0.1) is 5.69 Å². The second kappa shape index (κ2) is 16.2. The predicted molar refractivity (Wildman–Crippen MR) is 298 cm³/mol. The average Bonchev–Trinajstić information content (AvgIpc) is 3.83. The first-order valence-corrected chi connectivity index (χ1v) is 24.0. The standard InChI is InChI=1S/C68H43NO/c1-2-12-50-39-53(23-19-44(50)9-1)56-27-26-54-40-51(24-25-55(54)41-56)45-29-34-59(35-30-45)69(65-18-8-17-64-67-63-15-6-4-11-49(63)33-38-66(67)70-68(64)65)60-36-31-46(32-37-60)52-22-20-47-21-28-57(43-58(47)42-52)62-16-7-13-48-10-3-5-14-61(48)62/h1-43H. The fourth-order valence-corrected chi connectivity index (χ4v) is 10.8. The van der Waals surface area contributed by atoms with E-state index in [0.717, 1.165) is 50.1 Å². The fourth-order valence-electron chi connectivity index (χ4n) is 10.8. The molecular weight excluding hydrogens is 847 g/mol. The van der Waals surface area contributed by atoms with Crippen LogP contribution >= 0.6 is 0 Å². The molecule has 0 aliphatic heterocycles. The zero-order chi connectivity index (χ0) is 46.1. The lowest BCUT2D eigenvalue weighted by molar-refractivity contribution is 0.669. The molecule has 2 heteroatoms. The maximum absolute atomic E-state index is 6.86. The fraction of sp³-hybridized carbons (Fsp3) is 0. The lowest BCUT2D eigenvalue weighted by Gasteiger charge is -2.26. The molecule has 0 N–H and O–H groups in total. The number of benzene rings is 13. The third-order valence-corrected chi connectivity index (χ3v) is 14.4. The minimum absolute atomic E-state index is 0.858. The molecule has 0 aliphatic carbocycles. The molecule has 1 heterocycles. The molecule has 0 radical (unpaired) electrons. The van der Waals surface area contributed by atoms with Gasteiger partial charge in [0.1, 0.15) is 5.58 Å². The van der Waals surface area contributed by atoms with Gasteiger partial charge in [-0.25, -0.2) is 0 Å². The van der Waals surface area contributed by atoms with Gasteiger partial charge in [0.25, 0.3) is 0 Å². The summed E-state index contributed by atoms with van der Waals surface area (Å²) >= 11 is 0. The first kappa shape index (κ1) is 39.9. The molecule has 70 heavy (non-hydrogen) atoms. The highest BCUT2D eigenvalue weighted by molar-refractivity contribution is 6.21. The van der Waals surface area contributed by atoms with Crippen molar-refractivity contribution in [2.75, 3.05) is 4.90 Å². The summed E-state index contributed by atoms with van der Waals surface area (Å²) in [5.74, 6) is 0. The number of rotatable bonds is 7. The number of nitrogens with zero attached hydrogens (tertiary/aromatic N) is 1. The lowest BCUT2D eigenvalue weighted by atomic mass is 9.95. The van der Waals surface area contributed by atoms with Crippen molar-refractivity contribution in [3.8, 4) is 44.5 Å². The van der Waals surface area contributed by atoms with E-state index in [0.29, 0.717) is 0 Å². The molecule has 0 saturated heterocycles. The van der Waals surface area contributed by atoms with Crippen LogP contribution in [0.2, 0.25) is 0 Å². The summed E-state index contributed by atoms with van der Waals surface area (Å²) in [5.41, 5.74) is 14.4. The highest BCUT2D eigenvalue weighted by Gasteiger charge is 2.21. The minimum atomic E-state index is 0.858. The maximum atomic E-state index is 6.86. The molecule has 14 aromatic rings. The van der Waals surface area contributed by atoms with Crippen LogP contribution in [0, 0.1) is 0 Å². The van der Waals surface area contributed by atoms with Crippen LogP contribution in [-0.4, -0.2) is 0 Å². The van der Waals surface area contributed by atoms with E-state index in [1.54, 1.807) is 0 Å². The van der Waals surface area contributed by atoms with E-state index in [-0.39, 0.29) is 0 Å². The second-order valence-electron chi connectivity index (χ2n) is 18.5. The van der Waals surface area contributed by atoms with Crippen LogP contribution in [0.5, 0.6) is 0 Å². The largest absolute Gasteiger partial charge is 0.454 e. The van der Waals surface area contributed by atoms with Crippen molar-refractivity contribution in [3.05, 3.63) is 261 Å². The Morgan fingerprint density at radius 1 is 0.257 bits per heavy atom. The molecule has 0 atom stereocenters. The molecule has 0 fully saturated rings. The van der Waals surface area contributed by atoms with Gasteiger partial charge in [-0.15, -0.1) is 0 Å². The third kappa shape index (κ3) is 6.80. The average molecular weight is 890 g/mol. The zero-order valence-electron chi connectivity index (χ0n) is 38.2. The summed E-state index contributed by atoms with van der Waals surface area (Å²) < 4.78 is 6.86. The molecule has 0 saturated carbocycles. The zero-order valence-corrected chi connectivity index (χ0v) is 38.2. The van der Waals surface area contributed by atoms with Gasteiger partial charge >= 0.3 is 0 Å². The van der Waals surface area contributed by atoms with Crippen molar-refractivity contribution in [3.63, 3.8) is 0 Å². The van der Waals surface area contributed by atoms with Crippen LogP contribution in [0.3, 0.4) is 0 Å². The summed E-state index contributed by atoms with van der Waals surface area (Å²) in [7, 11) is 0. The SMILES string of the molecule is c1ccc2cc(-c3ccc4cc(-c5ccc(N(c6ccc(-c7ccc8ccc(-c9cccc%10ccccc9%10)cc8c7)cc6)c6cccc7c6oc6ccc8ccccc8c67)cc5)ccc4c3)ccc2c1. The van der Waals surface area contributed by atoms with E-state index in [1.807, 2.05) is 0 Å². The molecule has 0 aliphatic rings. The summed E-state index contributed by atoms with van der Waals surface area (Å²) in [6, 6.07) is 95.0. The number of furan rings is 1. The molecule has 14 rings (SSSR count). The molecule has 1 aromatic heterocycles. The Hall–Kier alpha value is -9.24. The van der Waals surface area contributed by atoms with Gasteiger partial charge < -0.3 is 9.32 Å². The summed E-state index contributed by atoms with van der Waals surface area (Å²) in [4.78, 5) is 2.34. The summed E-state index contributed by atoms with van der Waals surface area (Å²) in [6.07, 6.45) is 0. The Kier molecular flexibility index (Phi) is 9.25. The van der Waals surface area contributed by atoms with E-state index in [9.17, 15) is 0 Å². The highest BCUT2D eigenvalue weighted by atomic mass is 16.3. The van der Waals surface area contributed by atoms with Gasteiger partial charge in [0, 0.05) is 22.1 Å². The maximum Gasteiger partial charge on any atom is 0.159 e. The van der Waals surface area contributed by atoms with Gasteiger partial charge in [-0.2, -0.15) is 0 Å². The van der Waals surface area contributed by atoms with E-state index < -0.39 is 0 Å². The quantitative estimate of drug-likeness (QED) is 0.159. The number of hydrogen-bond acceptors (Lipinski definition) is 2. The Labute approximate surface area is 405 Å². The Bertz CT molecular complexity index is 4350. The molecule has 0 unspecified atom stereocenters. The minimum Gasteiger partial charge on any atom is -0.454 e. The number of hydrogen-bond donors (Lipinski definition) is 0. The van der Waals surface area contributed by atoms with Crippen LogP contribution in [-0.2, 0) is 0 Å². The predicted octanol–water partition coefficient (Wildman–Crippen LogP) is 19.5. The highest BCUT2D eigenvalue weighted by Crippen LogP contribution is 2.45. The van der Waals surface area contributed by atoms with Gasteiger partial charge in [0.2, 0.25) is 0 Å². The van der Waals surface area contributed by atoms with Crippen molar-refractivity contribution in [2.45, 2.75) is 0 Å². The first-order chi connectivity index (χ1) is 34.6. The molecule has 0 bridgehead atoms. The Balaban J connectivity index is 0.838. The van der Waals surface area contributed by atoms with Crippen LogP contribution in [0.25, 0.3) is 120 Å². The van der Waals surface area contributed by atoms with E-state index in [2.05, 4.69) is 266 Å². The van der Waals surface area contributed by atoms with Crippen LogP contribution in [0.15, 0.2) is 265 Å². The van der Waals surface area contributed by atoms with Crippen LogP contribution in [0.1, 0.15) is 0 Å². The van der Waals surface area contributed by atoms with Crippen molar-refractivity contribution < 1.29 is 4.42 Å². The van der Waals surface area contributed by atoms with Crippen molar-refractivity contribution >= 4 is 92.9 Å². The molecule has 13 aromatic carbocycles. The molecule has 326 valence electrons. The number of para-hydroxylation sites is 1. The van der Waals surface area contributed by atoms with E-state index >= 15 is 0 Å². The second-order valence-corrected chi connectivity index (χ2v) is 18.5. The number of anilines is 3. The van der Waals surface area contributed by atoms with E-state index in [4.69, 9.17) is 4.42 Å². The lowest BCUT2D eigenvalue weighted by Crippen LogP contribution is -2.10. The van der Waals surface area contributed by atoms with Crippen molar-refractivity contribution in [1.29, 1.82) is 0 Å². The van der Waals surface area contributed by atoms with Crippen molar-refractivity contribution in [1.82, 2.24) is 0 Å². The van der Waals surface area contributed by atoms with E-state index in [1.165, 1.54) is 87.2 Å². The molecule has 2 nitrogen and oxygen atoms in total. The summed E-state index contributed by atoms with van der Waals surface area (Å²) in [6.45, 7) is 0. The normalized spacial score (nSPS) is 11.7. The van der Waals surface area contributed by atoms with Gasteiger partial charge in [-0.1, -0.05) is 194 Å². The van der Waals surface area contributed by atoms with Crippen LogP contribution in [0.4, 0.5) is 17.1 Å². The van der Waals surface area contributed by atoms with Gasteiger partial charge in [-0.05, 0) is 165 Å². The summed E-state index contributed by atoms with van der Waals surface area (Å²) in [5, 5.41) is 14.5. The topological polar surface area (TPSA) is 16.4 Å². The Morgan fingerprint density at radius 2 is 0.671 bits per heavy atom. The molecular formula is C68H43NO. The molecule has 0 amide bonds. The monoisotopic (exact) mass is 889 g/mol. The van der Waals surface area contributed by atoms with Crippen LogP contribution < -0.4 is 4.90 Å². The van der Waals surface area contributed by atoms with Gasteiger partial charge in [0.15, 0.2) is 5.58 Å². The molecule has 0 spiro atoms. The van der Waals surface area contributed by atoms with Crippen molar-refractivity contribution in [2.24, 2.45) is 0 Å². The third-order valence-electron chi connectivity index (χ3n) is 14.4. The smallest absolute Gasteiger partial charge is 0.159 e. The first-order valence-electron chi connectivity index (χ1n) is 24.0.